The van der Waals surface area contributed by atoms with Gasteiger partial charge in [0.05, 0.1) is 0 Å². The third kappa shape index (κ3) is 5.61. The van der Waals surface area contributed by atoms with Gasteiger partial charge in [-0.15, -0.1) is 0 Å². The van der Waals surface area contributed by atoms with Crippen LogP contribution >= 0.6 is 11.8 Å². The summed E-state index contributed by atoms with van der Waals surface area (Å²) in [4.78, 5) is 0. The van der Waals surface area contributed by atoms with Gasteiger partial charge < -0.3 is 10.1 Å². The lowest BCUT2D eigenvalue weighted by atomic mass is 10.2. The molecule has 0 aliphatic heterocycles. The molecule has 0 saturated heterocycles. The van der Waals surface area contributed by atoms with Crippen LogP contribution in [0.25, 0.3) is 0 Å². The van der Waals surface area contributed by atoms with Gasteiger partial charge in [0.25, 0.3) is 0 Å². The average Bonchev–Trinajstić information content (AvgIpc) is 2.42. The van der Waals surface area contributed by atoms with Gasteiger partial charge in [0.2, 0.25) is 0 Å². The monoisotopic (exact) mass is 265 g/mol. The van der Waals surface area contributed by atoms with E-state index in [2.05, 4.69) is 37.2 Å². The molecule has 1 rings (SSSR count). The molecule has 100 valence electrons. The standard InChI is InChI=1S/C15H23NOS/c1-4-10-17-15-8-6-13(7-9-15)11-16-14(5-2)12-18-3/h4,6-9,14,16H,1,5,10-12H2,2-3H3. The van der Waals surface area contributed by atoms with Crippen LogP contribution in [-0.4, -0.2) is 24.7 Å². The second-order valence-corrected chi connectivity index (χ2v) is 5.10. The van der Waals surface area contributed by atoms with Crippen molar-refractivity contribution < 1.29 is 4.74 Å². The van der Waals surface area contributed by atoms with Crippen molar-refractivity contribution in [1.29, 1.82) is 0 Å². The van der Waals surface area contributed by atoms with E-state index in [9.17, 15) is 0 Å². The van der Waals surface area contributed by atoms with Gasteiger partial charge in [0.1, 0.15) is 12.4 Å². The lowest BCUT2D eigenvalue weighted by Crippen LogP contribution is -2.30. The highest BCUT2D eigenvalue weighted by Crippen LogP contribution is 2.12. The molecule has 0 heterocycles. The van der Waals surface area contributed by atoms with Gasteiger partial charge in [-0.05, 0) is 30.4 Å². The Hall–Kier alpha value is -0.930. The van der Waals surface area contributed by atoms with Crippen molar-refractivity contribution in [3.05, 3.63) is 42.5 Å². The fourth-order valence-corrected chi connectivity index (χ4v) is 2.40. The Morgan fingerprint density at radius 2 is 2.11 bits per heavy atom. The number of hydrogen-bond acceptors (Lipinski definition) is 3. The van der Waals surface area contributed by atoms with E-state index in [0.29, 0.717) is 12.6 Å². The van der Waals surface area contributed by atoms with Crippen LogP contribution in [0.4, 0.5) is 0 Å². The predicted molar refractivity (Wildman–Crippen MR) is 81.4 cm³/mol. The normalized spacial score (nSPS) is 12.1. The minimum absolute atomic E-state index is 0.559. The second-order valence-electron chi connectivity index (χ2n) is 4.19. The number of rotatable bonds is 9. The summed E-state index contributed by atoms with van der Waals surface area (Å²) in [7, 11) is 0. The molecule has 0 saturated carbocycles. The second kappa shape index (κ2) is 9.06. The molecule has 1 atom stereocenters. The summed E-state index contributed by atoms with van der Waals surface area (Å²) in [5, 5.41) is 3.57. The lowest BCUT2D eigenvalue weighted by Gasteiger charge is -2.15. The molecule has 18 heavy (non-hydrogen) atoms. The maximum atomic E-state index is 5.45. The third-order valence-corrected chi connectivity index (χ3v) is 3.48. The molecule has 0 aliphatic carbocycles. The van der Waals surface area contributed by atoms with Crippen LogP contribution in [0.15, 0.2) is 36.9 Å². The topological polar surface area (TPSA) is 21.3 Å². The van der Waals surface area contributed by atoms with Gasteiger partial charge >= 0.3 is 0 Å². The Bertz CT molecular complexity index is 337. The van der Waals surface area contributed by atoms with E-state index < -0.39 is 0 Å². The molecule has 0 amide bonds. The molecule has 0 bridgehead atoms. The molecular weight excluding hydrogens is 242 g/mol. The maximum absolute atomic E-state index is 5.45. The van der Waals surface area contributed by atoms with Crippen molar-refractivity contribution >= 4 is 11.8 Å². The summed E-state index contributed by atoms with van der Waals surface area (Å²) in [5.41, 5.74) is 1.29. The Labute approximate surface area is 115 Å². The first-order chi connectivity index (χ1) is 8.80. The zero-order chi connectivity index (χ0) is 13.2. The average molecular weight is 265 g/mol. The van der Waals surface area contributed by atoms with Gasteiger partial charge in [-0.3, -0.25) is 0 Å². The zero-order valence-corrected chi connectivity index (χ0v) is 12.1. The molecule has 3 heteroatoms. The van der Waals surface area contributed by atoms with Crippen molar-refractivity contribution in [3.63, 3.8) is 0 Å². The Kier molecular flexibility index (Phi) is 7.62. The van der Waals surface area contributed by atoms with E-state index in [0.717, 1.165) is 18.0 Å². The molecular formula is C15H23NOS. The minimum Gasteiger partial charge on any atom is -0.490 e. The highest BCUT2D eigenvalue weighted by Gasteiger charge is 2.04. The van der Waals surface area contributed by atoms with Crippen molar-refractivity contribution in [1.82, 2.24) is 5.32 Å². The van der Waals surface area contributed by atoms with E-state index in [4.69, 9.17) is 4.74 Å². The largest absolute Gasteiger partial charge is 0.490 e. The van der Waals surface area contributed by atoms with Gasteiger partial charge in [-0.25, -0.2) is 0 Å². The Morgan fingerprint density at radius 1 is 1.39 bits per heavy atom. The lowest BCUT2D eigenvalue weighted by molar-refractivity contribution is 0.363. The van der Waals surface area contributed by atoms with Crippen LogP contribution in [0.3, 0.4) is 0 Å². The Morgan fingerprint density at radius 3 is 2.67 bits per heavy atom. The van der Waals surface area contributed by atoms with Gasteiger partial charge in [-0.1, -0.05) is 31.7 Å². The van der Waals surface area contributed by atoms with Crippen molar-refractivity contribution in [2.45, 2.75) is 25.9 Å². The minimum atomic E-state index is 0.559. The molecule has 0 aliphatic rings. The number of hydrogen-bond donors (Lipinski definition) is 1. The zero-order valence-electron chi connectivity index (χ0n) is 11.3. The van der Waals surface area contributed by atoms with Crippen LogP contribution in [0.5, 0.6) is 5.75 Å². The fraction of sp³-hybridized carbons (Fsp3) is 0.467. The summed E-state index contributed by atoms with van der Waals surface area (Å²) in [6.45, 7) is 7.33. The summed E-state index contributed by atoms with van der Waals surface area (Å²) < 4.78 is 5.45. The molecule has 1 aromatic rings. The van der Waals surface area contributed by atoms with Crippen LogP contribution < -0.4 is 10.1 Å². The summed E-state index contributed by atoms with van der Waals surface area (Å²) in [5.74, 6) is 2.06. The van der Waals surface area contributed by atoms with Crippen LogP contribution in [0.2, 0.25) is 0 Å². The third-order valence-electron chi connectivity index (χ3n) is 2.75. The van der Waals surface area contributed by atoms with Crippen LogP contribution in [0, 0.1) is 0 Å². The smallest absolute Gasteiger partial charge is 0.119 e. The van der Waals surface area contributed by atoms with E-state index in [1.165, 1.54) is 12.0 Å². The quantitative estimate of drug-likeness (QED) is 0.691. The van der Waals surface area contributed by atoms with Crippen LogP contribution in [0.1, 0.15) is 18.9 Å². The van der Waals surface area contributed by atoms with Gasteiger partial charge in [-0.2, -0.15) is 11.8 Å². The van der Waals surface area contributed by atoms with E-state index >= 15 is 0 Å². The van der Waals surface area contributed by atoms with E-state index in [-0.39, 0.29) is 0 Å². The summed E-state index contributed by atoms with van der Waals surface area (Å²) in [6, 6.07) is 8.83. The van der Waals surface area contributed by atoms with Crippen molar-refractivity contribution in [3.8, 4) is 5.75 Å². The van der Waals surface area contributed by atoms with E-state index in [1.807, 2.05) is 23.9 Å². The SMILES string of the molecule is C=CCOc1ccc(CNC(CC)CSC)cc1. The number of ether oxygens (including phenoxy) is 1. The number of nitrogens with one attached hydrogen (secondary N) is 1. The highest BCUT2D eigenvalue weighted by atomic mass is 32.2. The first kappa shape index (κ1) is 15.1. The van der Waals surface area contributed by atoms with Gasteiger partial charge in [0.15, 0.2) is 0 Å². The first-order valence-corrected chi connectivity index (χ1v) is 7.74. The van der Waals surface area contributed by atoms with Crippen LogP contribution in [-0.2, 0) is 6.54 Å². The Balaban J connectivity index is 2.40. The summed E-state index contributed by atoms with van der Waals surface area (Å²) >= 11 is 1.89. The summed E-state index contributed by atoms with van der Waals surface area (Å²) in [6.07, 6.45) is 5.07. The molecule has 1 aromatic carbocycles. The van der Waals surface area contributed by atoms with Crippen molar-refractivity contribution in [2.75, 3.05) is 18.6 Å². The fourth-order valence-electron chi connectivity index (χ4n) is 1.64. The number of benzene rings is 1. The van der Waals surface area contributed by atoms with Gasteiger partial charge in [0, 0.05) is 18.3 Å². The molecule has 0 fully saturated rings. The molecule has 2 nitrogen and oxygen atoms in total. The van der Waals surface area contributed by atoms with E-state index in [1.54, 1.807) is 6.08 Å². The molecule has 0 spiro atoms. The maximum Gasteiger partial charge on any atom is 0.119 e. The van der Waals surface area contributed by atoms with Crippen molar-refractivity contribution in [2.24, 2.45) is 0 Å². The molecule has 1 N–H and O–H groups in total. The predicted octanol–water partition coefficient (Wildman–Crippen LogP) is 3.48. The highest BCUT2D eigenvalue weighted by molar-refractivity contribution is 7.98. The molecule has 0 aromatic heterocycles. The number of thioether (sulfide) groups is 1. The first-order valence-electron chi connectivity index (χ1n) is 6.35. The molecule has 0 radical (unpaired) electrons. The molecule has 1 unspecified atom stereocenters.